The van der Waals surface area contributed by atoms with Gasteiger partial charge in [0.1, 0.15) is 0 Å². The topological polar surface area (TPSA) is 79.5 Å². The molecule has 0 aromatic carbocycles. The molecule has 3 heterocycles. The van der Waals surface area contributed by atoms with E-state index in [-0.39, 0.29) is 28.4 Å². The van der Waals surface area contributed by atoms with E-state index in [0.717, 1.165) is 32.4 Å². The molecule has 6 heteroatoms. The van der Waals surface area contributed by atoms with E-state index in [4.69, 9.17) is 4.74 Å². The predicted octanol–water partition coefficient (Wildman–Crippen LogP) is 0.956. The molecule has 4 aliphatic rings. The Balaban J connectivity index is 1.74. The highest BCUT2D eigenvalue weighted by Gasteiger charge is 2.77. The van der Waals surface area contributed by atoms with Gasteiger partial charge < -0.3 is 20.7 Å². The van der Waals surface area contributed by atoms with Gasteiger partial charge >= 0.3 is 0 Å². The number of carbonyl (C=O) groups excluding carboxylic acids is 2. The van der Waals surface area contributed by atoms with Crippen LogP contribution in [0.2, 0.25) is 0 Å². The highest BCUT2D eigenvalue weighted by atomic mass is 16.5. The van der Waals surface area contributed by atoms with Gasteiger partial charge in [0.25, 0.3) is 0 Å². The van der Waals surface area contributed by atoms with Crippen molar-refractivity contribution in [1.29, 1.82) is 0 Å². The van der Waals surface area contributed by atoms with Gasteiger partial charge in [-0.3, -0.25) is 9.59 Å². The maximum absolute atomic E-state index is 12.6. The molecular formula is C18H31N3O3. The summed E-state index contributed by atoms with van der Waals surface area (Å²) in [6.45, 7) is 8.20. The first-order valence-electron chi connectivity index (χ1n) is 9.16. The SMILES string of the molecule is CCC(C)(C)C(=O)NCC12CC(C(=O)NC)(C1)C1(CCNCC1)O2. The summed E-state index contributed by atoms with van der Waals surface area (Å²) in [5.41, 5.74) is -1.54. The van der Waals surface area contributed by atoms with E-state index < -0.39 is 5.41 Å². The second kappa shape index (κ2) is 5.70. The van der Waals surface area contributed by atoms with Crippen LogP contribution in [0.1, 0.15) is 52.9 Å². The fourth-order valence-electron chi connectivity index (χ4n) is 4.77. The zero-order chi connectivity index (χ0) is 17.6. The van der Waals surface area contributed by atoms with E-state index in [9.17, 15) is 9.59 Å². The third-order valence-electron chi connectivity index (χ3n) is 6.67. The zero-order valence-corrected chi connectivity index (χ0v) is 15.4. The van der Waals surface area contributed by atoms with Crippen molar-refractivity contribution < 1.29 is 14.3 Å². The Morgan fingerprint density at radius 1 is 1.21 bits per heavy atom. The Hall–Kier alpha value is -1.14. The van der Waals surface area contributed by atoms with E-state index in [1.807, 2.05) is 20.8 Å². The number of hydrogen-bond donors (Lipinski definition) is 3. The molecule has 1 saturated carbocycles. The largest absolute Gasteiger partial charge is 0.365 e. The Kier molecular flexibility index (Phi) is 4.20. The minimum Gasteiger partial charge on any atom is -0.365 e. The van der Waals surface area contributed by atoms with Crippen molar-refractivity contribution in [1.82, 2.24) is 16.0 Å². The molecule has 4 fully saturated rings. The Labute approximate surface area is 144 Å². The van der Waals surface area contributed by atoms with E-state index >= 15 is 0 Å². The molecule has 2 bridgehead atoms. The number of ether oxygens (including phenoxy) is 1. The predicted molar refractivity (Wildman–Crippen MR) is 91.5 cm³/mol. The molecule has 0 aromatic rings. The van der Waals surface area contributed by atoms with Gasteiger partial charge in [-0.25, -0.2) is 0 Å². The van der Waals surface area contributed by atoms with Crippen LogP contribution in [0.25, 0.3) is 0 Å². The highest BCUT2D eigenvalue weighted by molar-refractivity contribution is 5.87. The Morgan fingerprint density at radius 3 is 2.38 bits per heavy atom. The van der Waals surface area contributed by atoms with Crippen LogP contribution in [-0.4, -0.2) is 49.7 Å². The molecule has 24 heavy (non-hydrogen) atoms. The van der Waals surface area contributed by atoms with Crippen molar-refractivity contribution in [3.63, 3.8) is 0 Å². The van der Waals surface area contributed by atoms with Gasteiger partial charge in [0.05, 0.1) is 16.6 Å². The maximum Gasteiger partial charge on any atom is 0.229 e. The lowest BCUT2D eigenvalue weighted by atomic mass is 9.53. The third-order valence-corrected chi connectivity index (χ3v) is 6.67. The molecule has 3 N–H and O–H groups in total. The number of piperidine rings is 1. The Morgan fingerprint density at radius 2 is 1.83 bits per heavy atom. The van der Waals surface area contributed by atoms with Gasteiger partial charge in [0.15, 0.2) is 0 Å². The standard InChI is InChI=1S/C18H31N3O3/c1-5-15(2,3)13(22)21-12-16-10-17(11-16,14(23)19-4)18(24-16)6-8-20-9-7-18/h20H,5-12H2,1-4H3,(H,19,23)(H,21,22). The molecule has 0 aromatic heterocycles. The molecule has 2 amide bonds. The first-order chi connectivity index (χ1) is 11.2. The minimum absolute atomic E-state index is 0.0617. The van der Waals surface area contributed by atoms with Crippen molar-refractivity contribution in [3.05, 3.63) is 0 Å². The van der Waals surface area contributed by atoms with Crippen LogP contribution in [0.3, 0.4) is 0 Å². The van der Waals surface area contributed by atoms with E-state index in [2.05, 4.69) is 16.0 Å². The monoisotopic (exact) mass is 337 g/mol. The molecule has 1 aliphatic carbocycles. The van der Waals surface area contributed by atoms with E-state index in [0.29, 0.717) is 19.4 Å². The van der Waals surface area contributed by atoms with Gasteiger partial charge in [-0.1, -0.05) is 20.8 Å². The van der Waals surface area contributed by atoms with Gasteiger partial charge in [0.2, 0.25) is 11.8 Å². The van der Waals surface area contributed by atoms with Gasteiger partial charge in [0, 0.05) is 19.0 Å². The molecular weight excluding hydrogens is 306 g/mol. The average molecular weight is 337 g/mol. The maximum atomic E-state index is 12.6. The van der Waals surface area contributed by atoms with Crippen LogP contribution in [0.5, 0.6) is 0 Å². The lowest BCUT2D eigenvalue weighted by Gasteiger charge is -2.47. The third kappa shape index (κ3) is 2.37. The molecule has 1 spiro atoms. The second-order valence-electron chi connectivity index (χ2n) is 8.46. The van der Waals surface area contributed by atoms with Gasteiger partial charge in [-0.15, -0.1) is 0 Å². The molecule has 136 valence electrons. The van der Waals surface area contributed by atoms with Crippen molar-refractivity contribution in [2.24, 2.45) is 10.8 Å². The molecule has 4 rings (SSSR count). The van der Waals surface area contributed by atoms with Crippen molar-refractivity contribution >= 4 is 11.8 Å². The summed E-state index contributed by atoms with van der Waals surface area (Å²) in [6, 6.07) is 0. The van der Waals surface area contributed by atoms with Crippen LogP contribution in [0.15, 0.2) is 0 Å². The smallest absolute Gasteiger partial charge is 0.229 e. The lowest BCUT2D eigenvalue weighted by Crippen LogP contribution is -2.61. The molecule has 0 radical (unpaired) electrons. The first kappa shape index (κ1) is 17.7. The number of nitrogens with one attached hydrogen (secondary N) is 3. The molecule has 0 unspecified atom stereocenters. The van der Waals surface area contributed by atoms with Gasteiger partial charge in [-0.2, -0.15) is 0 Å². The number of hydrogen-bond acceptors (Lipinski definition) is 4. The highest BCUT2D eigenvalue weighted by Crippen LogP contribution is 2.68. The second-order valence-corrected chi connectivity index (χ2v) is 8.46. The number of amides is 2. The van der Waals surface area contributed by atoms with Crippen LogP contribution in [0.4, 0.5) is 0 Å². The molecule has 3 saturated heterocycles. The van der Waals surface area contributed by atoms with Crippen molar-refractivity contribution in [2.75, 3.05) is 26.7 Å². The van der Waals surface area contributed by atoms with Crippen molar-refractivity contribution in [3.8, 4) is 0 Å². The van der Waals surface area contributed by atoms with Crippen LogP contribution in [0, 0.1) is 10.8 Å². The molecule has 0 atom stereocenters. The summed E-state index contributed by atoms with van der Waals surface area (Å²) in [6.07, 6.45) is 3.94. The van der Waals surface area contributed by atoms with Crippen LogP contribution < -0.4 is 16.0 Å². The average Bonchev–Trinajstić information content (AvgIpc) is 2.96. The lowest BCUT2D eigenvalue weighted by molar-refractivity contribution is -0.140. The Bertz CT molecular complexity index is 532. The summed E-state index contributed by atoms with van der Waals surface area (Å²) >= 11 is 0. The summed E-state index contributed by atoms with van der Waals surface area (Å²) in [7, 11) is 1.70. The molecule has 6 nitrogen and oxygen atoms in total. The number of carbonyl (C=O) groups is 2. The number of rotatable bonds is 5. The van der Waals surface area contributed by atoms with Crippen LogP contribution >= 0.6 is 0 Å². The first-order valence-corrected chi connectivity index (χ1v) is 9.16. The van der Waals surface area contributed by atoms with Gasteiger partial charge in [-0.05, 0) is 45.2 Å². The fraction of sp³-hybridized carbons (Fsp3) is 0.889. The van der Waals surface area contributed by atoms with E-state index in [1.54, 1.807) is 7.05 Å². The van der Waals surface area contributed by atoms with E-state index in [1.165, 1.54) is 0 Å². The minimum atomic E-state index is -0.422. The van der Waals surface area contributed by atoms with Crippen LogP contribution in [-0.2, 0) is 14.3 Å². The quantitative estimate of drug-likeness (QED) is 0.698. The summed E-state index contributed by atoms with van der Waals surface area (Å²) in [5, 5.41) is 9.28. The summed E-state index contributed by atoms with van der Waals surface area (Å²) < 4.78 is 6.56. The summed E-state index contributed by atoms with van der Waals surface area (Å²) in [4.78, 5) is 25.0. The van der Waals surface area contributed by atoms with Crippen molar-refractivity contribution in [2.45, 2.75) is 64.1 Å². The summed E-state index contributed by atoms with van der Waals surface area (Å²) in [5.74, 6) is 0.157. The fourth-order valence-corrected chi connectivity index (χ4v) is 4.77. The normalized spacial score (nSPS) is 33.8. The zero-order valence-electron chi connectivity index (χ0n) is 15.4. The molecule has 3 aliphatic heterocycles.